The molecule has 9 aromatic carbocycles. The highest BCUT2D eigenvalue weighted by Gasteiger charge is 2.23. The summed E-state index contributed by atoms with van der Waals surface area (Å²) in [5.74, 6) is 1.80. The van der Waals surface area contributed by atoms with Crippen molar-refractivity contribution in [2.45, 2.75) is 0 Å². The fraction of sp³-hybridized carbons (Fsp3) is 0. The summed E-state index contributed by atoms with van der Waals surface area (Å²) < 4.78 is 11.4. The van der Waals surface area contributed by atoms with E-state index in [0.29, 0.717) is 17.5 Å². The standard InChI is InChI=1S/C55H32N4OS/c1-2-12-33(13-3-1)34-22-24-35(25-23-34)53-56-54(38-26-27-42-41-18-8-11-21-51(41)61-52(42)30-38)58-55(57-53)45-31-44-40-17-7-10-20-49(40)60-50(44)32-48(45)59-46-19-9-6-16-39(46)43-28-36-14-4-5-15-37(36)29-47(43)59/h1-32H. The van der Waals surface area contributed by atoms with Gasteiger partial charge in [-0.3, -0.25) is 0 Å². The molecule has 4 aromatic heterocycles. The van der Waals surface area contributed by atoms with Gasteiger partial charge in [0.2, 0.25) is 0 Å². The number of thiophene rings is 1. The second-order valence-electron chi connectivity index (χ2n) is 15.6. The zero-order valence-corrected chi connectivity index (χ0v) is 33.4. The van der Waals surface area contributed by atoms with E-state index in [1.165, 1.54) is 41.7 Å². The van der Waals surface area contributed by atoms with Crippen LogP contribution in [0.1, 0.15) is 0 Å². The maximum Gasteiger partial charge on any atom is 0.166 e. The molecule has 0 saturated heterocycles. The lowest BCUT2D eigenvalue weighted by Gasteiger charge is -2.15. The number of hydrogen-bond acceptors (Lipinski definition) is 5. The molecule has 6 heteroatoms. The molecule has 5 nitrogen and oxygen atoms in total. The molecule has 284 valence electrons. The minimum absolute atomic E-state index is 0.581. The molecule has 0 aliphatic carbocycles. The lowest BCUT2D eigenvalue weighted by molar-refractivity contribution is 0.668. The van der Waals surface area contributed by atoms with Crippen molar-refractivity contribution < 1.29 is 4.42 Å². The Balaban J connectivity index is 1.10. The summed E-state index contributed by atoms with van der Waals surface area (Å²) in [5.41, 5.74) is 9.76. The number of nitrogens with zero attached hydrogens (tertiary/aromatic N) is 4. The normalized spacial score (nSPS) is 11.9. The summed E-state index contributed by atoms with van der Waals surface area (Å²) in [6, 6.07) is 68.6. The van der Waals surface area contributed by atoms with Gasteiger partial charge in [0, 0.05) is 64.5 Å². The van der Waals surface area contributed by atoms with Crippen molar-refractivity contribution in [2.24, 2.45) is 0 Å². The van der Waals surface area contributed by atoms with Crippen LogP contribution < -0.4 is 0 Å². The van der Waals surface area contributed by atoms with Gasteiger partial charge < -0.3 is 8.98 Å². The molecule has 0 amide bonds. The van der Waals surface area contributed by atoms with Gasteiger partial charge in [0.05, 0.1) is 16.7 Å². The molecule has 0 atom stereocenters. The summed E-state index contributed by atoms with van der Waals surface area (Å²) in [6.07, 6.45) is 0. The summed E-state index contributed by atoms with van der Waals surface area (Å²) in [6.45, 7) is 0. The molecule has 13 rings (SSSR count). The van der Waals surface area contributed by atoms with Gasteiger partial charge in [-0.2, -0.15) is 0 Å². The highest BCUT2D eigenvalue weighted by atomic mass is 32.1. The van der Waals surface area contributed by atoms with Crippen LogP contribution in [0.3, 0.4) is 0 Å². The molecule has 0 radical (unpaired) electrons. The van der Waals surface area contributed by atoms with E-state index in [0.717, 1.165) is 66.5 Å². The van der Waals surface area contributed by atoms with Crippen molar-refractivity contribution in [2.75, 3.05) is 0 Å². The van der Waals surface area contributed by atoms with Crippen LogP contribution in [0.15, 0.2) is 199 Å². The lowest BCUT2D eigenvalue weighted by atomic mass is 10.0. The van der Waals surface area contributed by atoms with Gasteiger partial charge >= 0.3 is 0 Å². The molecule has 0 fully saturated rings. The van der Waals surface area contributed by atoms with Gasteiger partial charge in [-0.05, 0) is 64.4 Å². The number of aromatic nitrogens is 4. The van der Waals surface area contributed by atoms with Gasteiger partial charge in [-0.15, -0.1) is 11.3 Å². The summed E-state index contributed by atoms with van der Waals surface area (Å²) in [4.78, 5) is 16.1. The van der Waals surface area contributed by atoms with Crippen LogP contribution in [0.4, 0.5) is 0 Å². The average Bonchev–Trinajstić information content (AvgIpc) is 3.99. The van der Waals surface area contributed by atoms with Gasteiger partial charge in [0.1, 0.15) is 11.2 Å². The van der Waals surface area contributed by atoms with E-state index in [9.17, 15) is 0 Å². The van der Waals surface area contributed by atoms with Gasteiger partial charge in [0.15, 0.2) is 17.5 Å². The second-order valence-corrected chi connectivity index (χ2v) is 16.7. The van der Waals surface area contributed by atoms with Crippen molar-refractivity contribution in [1.29, 1.82) is 0 Å². The van der Waals surface area contributed by atoms with E-state index < -0.39 is 0 Å². The Morgan fingerprint density at radius 1 is 0.361 bits per heavy atom. The van der Waals surface area contributed by atoms with Crippen molar-refractivity contribution in [3.63, 3.8) is 0 Å². The number of benzene rings is 9. The Labute approximate surface area is 353 Å². The van der Waals surface area contributed by atoms with Gasteiger partial charge in [-0.1, -0.05) is 146 Å². The average molecular weight is 797 g/mol. The van der Waals surface area contributed by atoms with E-state index in [2.05, 4.69) is 180 Å². The summed E-state index contributed by atoms with van der Waals surface area (Å²) in [5, 5.41) is 9.26. The quantitative estimate of drug-likeness (QED) is 0.174. The first kappa shape index (κ1) is 34.0. The van der Waals surface area contributed by atoms with E-state index in [4.69, 9.17) is 19.4 Å². The predicted molar refractivity (Wildman–Crippen MR) is 254 cm³/mol. The van der Waals surface area contributed by atoms with Crippen LogP contribution in [0.5, 0.6) is 0 Å². The number of rotatable bonds is 5. The van der Waals surface area contributed by atoms with E-state index >= 15 is 0 Å². The molecule has 4 heterocycles. The smallest absolute Gasteiger partial charge is 0.166 e. The number of para-hydroxylation sites is 2. The third-order valence-electron chi connectivity index (χ3n) is 12.0. The SMILES string of the molecule is c1ccc(-c2ccc(-c3nc(-c4ccc5c(c4)sc4ccccc45)nc(-c4cc5c(cc4-n4c6ccccc6c6cc7ccccc7cc64)oc4ccccc45)n3)cc2)cc1. The van der Waals surface area contributed by atoms with Crippen molar-refractivity contribution in [3.8, 4) is 51.0 Å². The van der Waals surface area contributed by atoms with E-state index in [-0.39, 0.29) is 0 Å². The number of furan rings is 1. The second kappa shape index (κ2) is 13.3. The van der Waals surface area contributed by atoms with E-state index in [1.807, 2.05) is 18.2 Å². The molecule has 0 bridgehead atoms. The Morgan fingerprint density at radius 2 is 0.984 bits per heavy atom. The van der Waals surface area contributed by atoms with Crippen LogP contribution in [-0.4, -0.2) is 19.5 Å². The Bertz CT molecular complexity index is 3880. The van der Waals surface area contributed by atoms with Crippen molar-refractivity contribution in [1.82, 2.24) is 19.5 Å². The molecule has 0 spiro atoms. The van der Waals surface area contributed by atoms with Crippen LogP contribution in [0.2, 0.25) is 0 Å². The fourth-order valence-electron chi connectivity index (χ4n) is 9.10. The monoisotopic (exact) mass is 796 g/mol. The molecular weight excluding hydrogens is 765 g/mol. The van der Waals surface area contributed by atoms with Crippen molar-refractivity contribution in [3.05, 3.63) is 194 Å². The summed E-state index contributed by atoms with van der Waals surface area (Å²) >= 11 is 1.79. The minimum atomic E-state index is 0.581. The predicted octanol–water partition coefficient (Wildman–Crippen LogP) is 15.1. The zero-order chi connectivity index (χ0) is 40.0. The lowest BCUT2D eigenvalue weighted by Crippen LogP contribution is -2.04. The molecule has 0 unspecified atom stereocenters. The first-order chi connectivity index (χ1) is 30.2. The number of hydrogen-bond donors (Lipinski definition) is 0. The van der Waals surface area contributed by atoms with Crippen LogP contribution >= 0.6 is 11.3 Å². The first-order valence-electron chi connectivity index (χ1n) is 20.4. The van der Waals surface area contributed by atoms with Gasteiger partial charge in [0.25, 0.3) is 0 Å². The zero-order valence-electron chi connectivity index (χ0n) is 32.6. The highest BCUT2D eigenvalue weighted by Crippen LogP contribution is 2.42. The topological polar surface area (TPSA) is 56.7 Å². The first-order valence-corrected chi connectivity index (χ1v) is 21.2. The third kappa shape index (κ3) is 5.43. The molecule has 0 aliphatic rings. The Hall–Kier alpha value is -7.93. The van der Waals surface area contributed by atoms with Crippen molar-refractivity contribution >= 4 is 86.0 Å². The Kier molecular flexibility index (Phi) is 7.41. The third-order valence-corrected chi connectivity index (χ3v) is 13.2. The Morgan fingerprint density at radius 3 is 1.84 bits per heavy atom. The summed E-state index contributed by atoms with van der Waals surface area (Å²) in [7, 11) is 0. The number of fused-ring (bicyclic) bond motifs is 10. The van der Waals surface area contributed by atoms with Crippen LogP contribution in [-0.2, 0) is 0 Å². The van der Waals surface area contributed by atoms with Crippen LogP contribution in [0, 0.1) is 0 Å². The molecule has 61 heavy (non-hydrogen) atoms. The molecule has 13 aromatic rings. The molecular formula is C55H32N4OS. The van der Waals surface area contributed by atoms with Crippen LogP contribution in [0.25, 0.3) is 126 Å². The maximum absolute atomic E-state index is 6.61. The minimum Gasteiger partial charge on any atom is -0.456 e. The molecule has 0 N–H and O–H groups in total. The van der Waals surface area contributed by atoms with Gasteiger partial charge in [-0.25, -0.2) is 15.0 Å². The largest absolute Gasteiger partial charge is 0.456 e. The van der Waals surface area contributed by atoms with E-state index in [1.54, 1.807) is 11.3 Å². The fourth-order valence-corrected chi connectivity index (χ4v) is 10.2. The molecule has 0 aliphatic heterocycles. The highest BCUT2D eigenvalue weighted by molar-refractivity contribution is 7.25. The maximum atomic E-state index is 6.61. The molecule has 0 saturated carbocycles.